The van der Waals surface area contributed by atoms with E-state index >= 15 is 8.78 Å². The average molecular weight is 601 g/mol. The Hall–Kier alpha value is -3.67. The number of rotatable bonds is 4. The Morgan fingerprint density at radius 3 is 2.49 bits per heavy atom. The highest BCUT2D eigenvalue weighted by atomic mass is 19.1. The van der Waals surface area contributed by atoms with Gasteiger partial charge in [0.15, 0.2) is 11.4 Å². The predicted molar refractivity (Wildman–Crippen MR) is 147 cm³/mol. The number of esters is 1. The summed E-state index contributed by atoms with van der Waals surface area (Å²) < 4.78 is 39.7. The van der Waals surface area contributed by atoms with Gasteiger partial charge in [-0.15, -0.1) is 0 Å². The first kappa shape index (κ1) is 29.4. The largest absolute Gasteiger partial charge is 0.511 e. The second-order valence-electron chi connectivity index (χ2n) is 13.3. The van der Waals surface area contributed by atoms with Crippen LogP contribution in [-0.4, -0.2) is 74.3 Å². The van der Waals surface area contributed by atoms with Crippen LogP contribution in [0.4, 0.5) is 14.5 Å². The number of nitro benzene ring substituents is 1. The molecule has 0 bridgehead atoms. The standard InChI is InChI=1S/C31H34F2N2O8/c1-16-9-21-22-13-24(32)23-11-19(36)12-25(38)29(23,3)30(22,33)8-7-28(21,2)31(16,27(40)34-14-20(37)15-34)43-26(39)17-5-4-6-18(10-17)35(41)42/h4-6,10-12,16,20-22,24,37-38H,7-9,13-15H2,1-3H3/t16-,21+,22?,24+,28+,29?,30?,31+/m1/s1. The first-order chi connectivity index (χ1) is 20.1. The van der Waals surface area contributed by atoms with E-state index in [2.05, 4.69) is 0 Å². The number of non-ortho nitro benzene ring substituents is 1. The molecule has 4 fully saturated rings. The lowest BCUT2D eigenvalue weighted by molar-refractivity contribution is -0.384. The molecule has 10 nitrogen and oxygen atoms in total. The molecule has 0 spiro atoms. The summed E-state index contributed by atoms with van der Waals surface area (Å²) in [6.45, 7) is 4.92. The van der Waals surface area contributed by atoms with Crippen LogP contribution in [0.1, 0.15) is 56.8 Å². The van der Waals surface area contributed by atoms with E-state index in [0.29, 0.717) is 0 Å². The zero-order valence-electron chi connectivity index (χ0n) is 24.1. The smallest absolute Gasteiger partial charge is 0.339 e. The van der Waals surface area contributed by atoms with Crippen LogP contribution < -0.4 is 0 Å². The van der Waals surface area contributed by atoms with Crippen molar-refractivity contribution < 1.29 is 43.0 Å². The number of hydrogen-bond donors (Lipinski definition) is 2. The Bertz CT molecular complexity index is 1510. The molecule has 12 heteroatoms. The van der Waals surface area contributed by atoms with E-state index in [9.17, 15) is 34.7 Å². The van der Waals surface area contributed by atoms with Crippen molar-refractivity contribution in [3.8, 4) is 0 Å². The first-order valence-electron chi connectivity index (χ1n) is 14.6. The number of aliphatic hydroxyl groups excluding tert-OH is 2. The molecule has 1 saturated heterocycles. The molecule has 0 radical (unpaired) electrons. The van der Waals surface area contributed by atoms with Crippen molar-refractivity contribution in [2.75, 3.05) is 13.1 Å². The van der Waals surface area contributed by atoms with Crippen molar-refractivity contribution in [2.24, 2.45) is 28.6 Å². The number of fused-ring (bicyclic) bond motifs is 5. The number of β-amino-alcohol motifs (C(OH)–C–C–N with tert-alkyl or cyclic N) is 1. The summed E-state index contributed by atoms with van der Waals surface area (Å²) in [4.78, 5) is 52.3. The van der Waals surface area contributed by atoms with Gasteiger partial charge in [-0.05, 0) is 56.2 Å². The van der Waals surface area contributed by atoms with Gasteiger partial charge in [0.05, 0.1) is 22.0 Å². The van der Waals surface area contributed by atoms with E-state index in [4.69, 9.17) is 4.74 Å². The number of alkyl halides is 2. The third kappa shape index (κ3) is 3.74. The summed E-state index contributed by atoms with van der Waals surface area (Å²) in [6.07, 6.45) is -0.750. The molecule has 6 rings (SSSR count). The number of nitrogens with zero attached hydrogens (tertiary/aromatic N) is 2. The Labute approximate surface area is 246 Å². The monoisotopic (exact) mass is 600 g/mol. The van der Waals surface area contributed by atoms with Gasteiger partial charge in [-0.3, -0.25) is 19.7 Å². The lowest BCUT2D eigenvalue weighted by Crippen LogP contribution is -2.70. The molecule has 1 aliphatic heterocycles. The number of allylic oxidation sites excluding steroid dienone is 3. The highest BCUT2D eigenvalue weighted by Crippen LogP contribution is 2.72. The zero-order chi connectivity index (χ0) is 31.3. The Morgan fingerprint density at radius 2 is 1.84 bits per heavy atom. The minimum Gasteiger partial charge on any atom is -0.511 e. The number of hydrogen-bond acceptors (Lipinski definition) is 8. The molecule has 230 valence electrons. The number of likely N-dealkylation sites (tertiary alicyclic amines) is 1. The lowest BCUT2D eigenvalue weighted by atomic mass is 9.45. The van der Waals surface area contributed by atoms with Gasteiger partial charge >= 0.3 is 5.97 Å². The van der Waals surface area contributed by atoms with Gasteiger partial charge in [-0.1, -0.05) is 19.9 Å². The van der Waals surface area contributed by atoms with E-state index in [1.54, 1.807) is 13.8 Å². The summed E-state index contributed by atoms with van der Waals surface area (Å²) in [5, 5.41) is 32.3. The number of aliphatic hydroxyl groups is 2. The zero-order valence-corrected chi connectivity index (χ0v) is 24.1. The average Bonchev–Trinajstić information content (AvgIpc) is 3.16. The van der Waals surface area contributed by atoms with Gasteiger partial charge in [-0.25, -0.2) is 13.6 Å². The van der Waals surface area contributed by atoms with E-state index < -0.39 is 80.5 Å². The van der Waals surface area contributed by atoms with Crippen LogP contribution in [0.2, 0.25) is 0 Å². The van der Waals surface area contributed by atoms with Gasteiger partial charge in [0, 0.05) is 48.5 Å². The van der Waals surface area contributed by atoms with Crippen molar-refractivity contribution in [3.63, 3.8) is 0 Å². The molecule has 5 aliphatic rings. The fraction of sp³-hybridized carbons (Fsp3) is 0.581. The maximum absolute atomic E-state index is 17.6. The quantitative estimate of drug-likeness (QED) is 0.297. The highest BCUT2D eigenvalue weighted by Gasteiger charge is 2.77. The maximum Gasteiger partial charge on any atom is 0.339 e. The van der Waals surface area contributed by atoms with Crippen molar-refractivity contribution in [3.05, 3.63) is 63.4 Å². The minimum atomic E-state index is -2.16. The number of benzene rings is 1. The first-order valence-corrected chi connectivity index (χ1v) is 14.6. The molecule has 1 heterocycles. The lowest BCUT2D eigenvalue weighted by Gasteiger charge is -2.62. The van der Waals surface area contributed by atoms with Crippen molar-refractivity contribution >= 4 is 23.3 Å². The van der Waals surface area contributed by atoms with Crippen molar-refractivity contribution in [1.29, 1.82) is 0 Å². The number of amides is 1. The molecular formula is C31H34F2N2O8. The van der Waals surface area contributed by atoms with Crippen LogP contribution >= 0.6 is 0 Å². The normalized spacial score (nSPS) is 40.3. The minimum absolute atomic E-state index is 0.0182. The molecule has 43 heavy (non-hydrogen) atoms. The summed E-state index contributed by atoms with van der Waals surface area (Å²) >= 11 is 0. The number of nitro groups is 1. The van der Waals surface area contributed by atoms with E-state index in [1.807, 2.05) is 0 Å². The summed E-state index contributed by atoms with van der Waals surface area (Å²) in [6, 6.07) is 4.96. The third-order valence-electron chi connectivity index (χ3n) is 11.4. The Balaban J connectivity index is 1.44. The molecule has 1 aromatic rings. The van der Waals surface area contributed by atoms with Crippen LogP contribution in [0.25, 0.3) is 0 Å². The van der Waals surface area contributed by atoms with Gasteiger partial charge in [-0.2, -0.15) is 0 Å². The van der Waals surface area contributed by atoms with Gasteiger partial charge in [0.1, 0.15) is 17.6 Å². The Kier molecular flexibility index (Phi) is 6.44. The molecule has 3 saturated carbocycles. The number of carbonyl (C=O) groups is 3. The van der Waals surface area contributed by atoms with Crippen molar-refractivity contribution in [1.82, 2.24) is 4.90 Å². The Morgan fingerprint density at radius 1 is 1.14 bits per heavy atom. The molecule has 8 atom stereocenters. The molecule has 3 unspecified atom stereocenters. The van der Waals surface area contributed by atoms with Gasteiger partial charge < -0.3 is 19.8 Å². The number of ether oxygens (including phenoxy) is 1. The van der Waals surface area contributed by atoms with Gasteiger partial charge in [0.25, 0.3) is 11.6 Å². The van der Waals surface area contributed by atoms with E-state index in [1.165, 1.54) is 30.0 Å². The fourth-order valence-electron chi connectivity index (χ4n) is 9.04. The number of halogens is 2. The van der Waals surface area contributed by atoms with E-state index in [0.717, 1.165) is 18.2 Å². The number of ketones is 1. The summed E-state index contributed by atoms with van der Waals surface area (Å²) in [5.74, 6) is -4.99. The SMILES string of the molecule is C[C@@H]1C[C@H]2C3C[C@H](F)C4=CC(=O)C=C(O)C4(C)C3(F)CC[C@]2(C)[C@@]1(OC(=O)c1cccc([N+](=O)[O-])c1)C(=O)N1CC(O)C1. The molecular weight excluding hydrogens is 566 g/mol. The molecule has 1 aromatic carbocycles. The molecule has 2 N–H and O–H groups in total. The maximum atomic E-state index is 17.6. The molecule has 4 aliphatic carbocycles. The second kappa shape index (κ2) is 9.41. The summed E-state index contributed by atoms with van der Waals surface area (Å²) in [7, 11) is 0. The highest BCUT2D eigenvalue weighted by molar-refractivity contribution is 6.02. The van der Waals surface area contributed by atoms with Crippen LogP contribution in [0.15, 0.2) is 47.7 Å². The number of carbonyl (C=O) groups excluding carboxylic acids is 3. The van der Waals surface area contributed by atoms with Crippen LogP contribution in [-0.2, 0) is 14.3 Å². The van der Waals surface area contributed by atoms with Crippen LogP contribution in [0.3, 0.4) is 0 Å². The second-order valence-corrected chi connectivity index (χ2v) is 13.3. The van der Waals surface area contributed by atoms with Gasteiger partial charge in [0.2, 0.25) is 0 Å². The van der Waals surface area contributed by atoms with Crippen LogP contribution in [0, 0.1) is 38.7 Å². The molecule has 0 aromatic heterocycles. The van der Waals surface area contributed by atoms with Crippen LogP contribution in [0.5, 0.6) is 0 Å². The summed E-state index contributed by atoms with van der Waals surface area (Å²) in [5.41, 5.74) is -7.55. The fourth-order valence-corrected chi connectivity index (χ4v) is 9.04. The topological polar surface area (TPSA) is 147 Å². The molecule has 1 amide bonds. The predicted octanol–water partition coefficient (Wildman–Crippen LogP) is 4.17. The van der Waals surface area contributed by atoms with Crippen molar-refractivity contribution in [2.45, 2.75) is 70.0 Å². The van der Waals surface area contributed by atoms with E-state index in [-0.39, 0.29) is 55.6 Å². The third-order valence-corrected chi connectivity index (χ3v) is 11.4.